The standard InChI is InChI=1S/C35H34F3N5O3/c1-2-29(45)43-22-7-8-23(43)18-41(17-22)33-26-10-9-25(27-14-24(44)13-20-5-3-6-28(37)30(20)27)31(38)32(26)39-34(40-33)46-19-35-11-4-12-42(35)16-21(36)15-35/h2-3,5-6,9-10,13-14,21-23,44H,1,4,7-8,11-12,15-19H2/t21-,22?,23?,35+/m1/s1. The number of aromatic hydroxyl groups is 1. The molecule has 4 aliphatic rings. The summed E-state index contributed by atoms with van der Waals surface area (Å²) in [4.78, 5) is 28.1. The molecule has 238 valence electrons. The van der Waals surface area contributed by atoms with E-state index in [1.165, 1.54) is 30.3 Å². The predicted molar refractivity (Wildman–Crippen MR) is 169 cm³/mol. The first-order chi connectivity index (χ1) is 22.2. The monoisotopic (exact) mass is 629 g/mol. The Morgan fingerprint density at radius 2 is 1.89 bits per heavy atom. The molecule has 4 atom stereocenters. The zero-order valence-corrected chi connectivity index (χ0v) is 25.3. The Hall–Kier alpha value is -4.38. The Labute approximate surface area is 264 Å². The molecule has 4 aromatic rings. The predicted octanol–water partition coefficient (Wildman–Crippen LogP) is 5.75. The van der Waals surface area contributed by atoms with Crippen LogP contribution in [-0.2, 0) is 4.79 Å². The van der Waals surface area contributed by atoms with Crippen molar-refractivity contribution < 1.29 is 27.8 Å². The Kier molecular flexibility index (Phi) is 6.86. The van der Waals surface area contributed by atoms with E-state index < -0.39 is 23.3 Å². The number of alkyl halides is 1. The van der Waals surface area contributed by atoms with Crippen LogP contribution in [-0.4, -0.2) is 87.4 Å². The van der Waals surface area contributed by atoms with Gasteiger partial charge in [-0.3, -0.25) is 9.69 Å². The molecule has 8 nitrogen and oxygen atoms in total. The van der Waals surface area contributed by atoms with Gasteiger partial charge in [-0.15, -0.1) is 0 Å². The summed E-state index contributed by atoms with van der Waals surface area (Å²) in [7, 11) is 0. The highest BCUT2D eigenvalue weighted by Crippen LogP contribution is 2.43. The van der Waals surface area contributed by atoms with Crippen LogP contribution >= 0.6 is 0 Å². The summed E-state index contributed by atoms with van der Waals surface area (Å²) in [6.45, 7) is 6.00. The third kappa shape index (κ3) is 4.58. The summed E-state index contributed by atoms with van der Waals surface area (Å²) in [6.07, 6.45) is 4.20. The maximum Gasteiger partial charge on any atom is 0.319 e. The molecule has 5 heterocycles. The number of phenols is 1. The highest BCUT2D eigenvalue weighted by Gasteiger charge is 2.49. The van der Waals surface area contributed by atoms with E-state index in [1.807, 2.05) is 4.90 Å². The van der Waals surface area contributed by atoms with E-state index in [2.05, 4.69) is 21.4 Å². The van der Waals surface area contributed by atoms with Gasteiger partial charge in [-0.05, 0) is 73.5 Å². The molecule has 46 heavy (non-hydrogen) atoms. The fraction of sp³-hybridized carbons (Fsp3) is 0.400. The number of benzene rings is 3. The van der Waals surface area contributed by atoms with Gasteiger partial charge in [-0.25, -0.2) is 13.2 Å². The number of nitrogens with zero attached hydrogens (tertiary/aromatic N) is 5. The average molecular weight is 630 g/mol. The van der Waals surface area contributed by atoms with Gasteiger partial charge in [-0.1, -0.05) is 24.8 Å². The number of rotatable bonds is 6. The number of amides is 1. The molecular weight excluding hydrogens is 595 g/mol. The molecule has 11 heteroatoms. The number of carbonyl (C=O) groups excluding carboxylic acids is 1. The van der Waals surface area contributed by atoms with Crippen LogP contribution in [0.1, 0.15) is 32.1 Å². The number of carbonyl (C=O) groups is 1. The summed E-state index contributed by atoms with van der Waals surface area (Å²) in [6, 6.07) is 10.5. The molecule has 4 fully saturated rings. The molecule has 4 saturated heterocycles. The van der Waals surface area contributed by atoms with Crippen LogP contribution in [0, 0.1) is 11.6 Å². The summed E-state index contributed by atoms with van der Waals surface area (Å²) >= 11 is 0. The number of ether oxygens (including phenoxy) is 1. The lowest BCUT2D eigenvalue weighted by molar-refractivity contribution is -0.129. The molecule has 2 unspecified atom stereocenters. The van der Waals surface area contributed by atoms with Crippen LogP contribution in [0.15, 0.2) is 55.1 Å². The van der Waals surface area contributed by atoms with Gasteiger partial charge in [0.15, 0.2) is 5.82 Å². The van der Waals surface area contributed by atoms with E-state index in [-0.39, 0.29) is 58.4 Å². The quantitative estimate of drug-likeness (QED) is 0.272. The van der Waals surface area contributed by atoms with Crippen molar-refractivity contribution in [3.8, 4) is 22.9 Å². The second-order valence-corrected chi connectivity index (χ2v) is 13.1. The zero-order chi connectivity index (χ0) is 31.7. The number of hydrogen-bond acceptors (Lipinski definition) is 7. The molecule has 4 aliphatic heterocycles. The van der Waals surface area contributed by atoms with Gasteiger partial charge in [0.1, 0.15) is 35.7 Å². The maximum absolute atomic E-state index is 16.8. The number of hydrogen-bond donors (Lipinski definition) is 1. The minimum atomic E-state index is -0.931. The van der Waals surface area contributed by atoms with E-state index in [0.717, 1.165) is 32.2 Å². The van der Waals surface area contributed by atoms with E-state index in [9.17, 15) is 14.3 Å². The normalized spacial score (nSPS) is 25.8. The number of phenolic OH excluding ortho intramolecular Hbond substituents is 1. The number of fused-ring (bicyclic) bond motifs is 5. The third-order valence-electron chi connectivity index (χ3n) is 10.4. The van der Waals surface area contributed by atoms with Crippen LogP contribution in [0.4, 0.5) is 19.0 Å². The van der Waals surface area contributed by atoms with Crippen LogP contribution in [0.3, 0.4) is 0 Å². The SMILES string of the molecule is C=CC(=O)N1C2CCC1CN(c1nc(OC[C@@]34CCCN3C[C@H](F)C4)nc3c(F)c(-c4cc(O)cc5cccc(F)c45)ccc13)C2. The van der Waals surface area contributed by atoms with Gasteiger partial charge < -0.3 is 19.6 Å². The van der Waals surface area contributed by atoms with Crippen LogP contribution < -0.4 is 9.64 Å². The van der Waals surface area contributed by atoms with Crippen molar-refractivity contribution in [3.05, 3.63) is 66.8 Å². The van der Waals surface area contributed by atoms with E-state index in [4.69, 9.17) is 9.72 Å². The fourth-order valence-electron chi connectivity index (χ4n) is 8.41. The van der Waals surface area contributed by atoms with Crippen LogP contribution in [0.2, 0.25) is 0 Å². The summed E-state index contributed by atoms with van der Waals surface area (Å²) in [5, 5.41) is 11.5. The summed E-state index contributed by atoms with van der Waals surface area (Å²) < 4.78 is 52.6. The molecule has 0 radical (unpaired) electrons. The number of aromatic nitrogens is 2. The minimum Gasteiger partial charge on any atom is -0.508 e. The Bertz CT molecular complexity index is 1890. The first kappa shape index (κ1) is 29.1. The molecule has 0 saturated carbocycles. The zero-order valence-electron chi connectivity index (χ0n) is 25.3. The topological polar surface area (TPSA) is 82.0 Å². The van der Waals surface area contributed by atoms with Gasteiger partial charge in [0.25, 0.3) is 0 Å². The Morgan fingerprint density at radius 3 is 2.67 bits per heavy atom. The lowest BCUT2D eigenvalue weighted by atomic mass is 9.95. The second kappa shape index (κ2) is 10.9. The number of piperazine rings is 1. The molecule has 0 spiro atoms. The van der Waals surface area contributed by atoms with Crippen molar-refractivity contribution in [2.24, 2.45) is 0 Å². The molecule has 1 amide bonds. The lowest BCUT2D eigenvalue weighted by Crippen LogP contribution is -2.55. The fourth-order valence-corrected chi connectivity index (χ4v) is 8.41. The lowest BCUT2D eigenvalue weighted by Gasteiger charge is -2.41. The highest BCUT2D eigenvalue weighted by molar-refractivity contribution is 6.01. The molecule has 8 rings (SSSR count). The molecule has 2 bridgehead atoms. The van der Waals surface area contributed by atoms with E-state index >= 15 is 8.78 Å². The van der Waals surface area contributed by atoms with E-state index in [1.54, 1.807) is 18.2 Å². The molecular formula is C35H34F3N5O3. The Morgan fingerprint density at radius 1 is 1.09 bits per heavy atom. The molecule has 1 aromatic heterocycles. The number of anilines is 1. The van der Waals surface area contributed by atoms with Crippen LogP contribution in [0.25, 0.3) is 32.8 Å². The van der Waals surface area contributed by atoms with Crippen molar-refractivity contribution in [1.29, 1.82) is 0 Å². The first-order valence-electron chi connectivity index (χ1n) is 15.9. The van der Waals surface area contributed by atoms with Crippen molar-refractivity contribution in [1.82, 2.24) is 19.8 Å². The van der Waals surface area contributed by atoms with Gasteiger partial charge >= 0.3 is 6.01 Å². The van der Waals surface area contributed by atoms with Crippen LogP contribution in [0.5, 0.6) is 11.8 Å². The van der Waals surface area contributed by atoms with Crippen molar-refractivity contribution >= 4 is 33.4 Å². The Balaban J connectivity index is 1.24. The smallest absolute Gasteiger partial charge is 0.319 e. The minimum absolute atomic E-state index is 0.00200. The molecule has 3 aromatic carbocycles. The average Bonchev–Trinajstić information content (AvgIpc) is 3.66. The first-order valence-corrected chi connectivity index (χ1v) is 15.9. The second-order valence-electron chi connectivity index (χ2n) is 13.1. The van der Waals surface area contributed by atoms with Gasteiger partial charge in [0.2, 0.25) is 5.91 Å². The van der Waals surface area contributed by atoms with E-state index in [0.29, 0.717) is 42.6 Å². The summed E-state index contributed by atoms with van der Waals surface area (Å²) in [5.74, 6) is -0.978. The van der Waals surface area contributed by atoms with Crippen molar-refractivity contribution in [3.63, 3.8) is 0 Å². The largest absolute Gasteiger partial charge is 0.508 e. The number of halogens is 3. The highest BCUT2D eigenvalue weighted by atomic mass is 19.1. The molecule has 0 aliphatic carbocycles. The summed E-state index contributed by atoms with van der Waals surface area (Å²) in [5.41, 5.74) is -0.179. The van der Waals surface area contributed by atoms with Gasteiger partial charge in [0.05, 0.1) is 5.54 Å². The van der Waals surface area contributed by atoms with Crippen molar-refractivity contribution in [2.45, 2.75) is 55.9 Å². The molecule has 1 N–H and O–H groups in total. The van der Waals surface area contributed by atoms with Crippen molar-refractivity contribution in [2.75, 3.05) is 37.7 Å². The van der Waals surface area contributed by atoms with Gasteiger partial charge in [-0.2, -0.15) is 9.97 Å². The maximum atomic E-state index is 16.8. The third-order valence-corrected chi connectivity index (χ3v) is 10.4. The van der Waals surface area contributed by atoms with Gasteiger partial charge in [0, 0.05) is 54.5 Å².